The van der Waals surface area contributed by atoms with Gasteiger partial charge < -0.3 is 19.4 Å². The fraction of sp³-hybridized carbons (Fsp3) is 0.227. The number of benzene rings is 2. The van der Waals surface area contributed by atoms with E-state index in [4.69, 9.17) is 21.1 Å². The number of rotatable bonds is 5. The molecule has 2 aromatic carbocycles. The molecule has 4 rings (SSSR count). The molecular weight excluding hydrogens is 425 g/mol. The lowest BCUT2D eigenvalue weighted by molar-refractivity contribution is 0.0933. The van der Waals surface area contributed by atoms with Crippen molar-refractivity contribution < 1.29 is 18.7 Å². The Morgan fingerprint density at radius 2 is 2.10 bits per heavy atom. The van der Waals surface area contributed by atoms with E-state index in [1.165, 1.54) is 25.4 Å². The summed E-state index contributed by atoms with van der Waals surface area (Å²) in [6.45, 7) is 2.46. The first-order valence-electron chi connectivity index (χ1n) is 9.53. The van der Waals surface area contributed by atoms with Gasteiger partial charge in [-0.1, -0.05) is 17.7 Å². The molecule has 0 unspecified atom stereocenters. The van der Waals surface area contributed by atoms with Crippen LogP contribution >= 0.6 is 11.6 Å². The number of ketones is 1. The Balaban J connectivity index is 1.75. The molecule has 0 spiro atoms. The number of methoxy groups -OCH3 is 1. The molecule has 7 nitrogen and oxygen atoms in total. The predicted molar refractivity (Wildman–Crippen MR) is 114 cm³/mol. The summed E-state index contributed by atoms with van der Waals surface area (Å²) in [6, 6.07) is 7.85. The van der Waals surface area contributed by atoms with Crippen LogP contribution in [-0.4, -0.2) is 29.1 Å². The fourth-order valence-electron chi connectivity index (χ4n) is 3.33. The minimum atomic E-state index is -0.548. The standard InChI is InChI=1S/C22H19ClFN3O4/c1-12-7-19-14(18(28)5-6-31-19)9-17(12)25-22-26-21(29)20(30-2)11-27(22)10-13-3-4-16(24)15(23)8-13/h3-4,7-9,11H,5-6,10H2,1-2H3,(H,25,26,29). The number of nitrogens with zero attached hydrogens (tertiary/aromatic N) is 2. The lowest BCUT2D eigenvalue weighted by Gasteiger charge is -2.20. The lowest BCUT2D eigenvalue weighted by Crippen LogP contribution is -2.20. The average Bonchev–Trinajstić information content (AvgIpc) is 2.73. The van der Waals surface area contributed by atoms with E-state index in [1.54, 1.807) is 22.8 Å². The first kappa shape index (κ1) is 20.9. The zero-order valence-electron chi connectivity index (χ0n) is 16.9. The molecule has 31 heavy (non-hydrogen) atoms. The highest BCUT2D eigenvalue weighted by Gasteiger charge is 2.21. The number of Topliss-reactive ketones (excluding diaryl/α,β-unsaturated/α-hetero) is 1. The average molecular weight is 444 g/mol. The first-order chi connectivity index (χ1) is 14.9. The van der Waals surface area contributed by atoms with E-state index in [2.05, 4.69) is 10.3 Å². The molecule has 1 aromatic heterocycles. The number of halogens is 2. The van der Waals surface area contributed by atoms with Crippen LogP contribution in [-0.2, 0) is 6.54 Å². The molecular formula is C22H19ClFN3O4. The third-order valence-electron chi connectivity index (χ3n) is 4.98. The summed E-state index contributed by atoms with van der Waals surface area (Å²) in [4.78, 5) is 28.7. The second-order valence-corrected chi connectivity index (χ2v) is 7.53. The highest BCUT2D eigenvalue weighted by Crippen LogP contribution is 2.32. The normalized spacial score (nSPS) is 12.8. The largest absolute Gasteiger partial charge is 0.492 e. The van der Waals surface area contributed by atoms with Gasteiger partial charge in [0, 0.05) is 12.1 Å². The van der Waals surface area contributed by atoms with E-state index in [-0.39, 0.29) is 29.0 Å². The summed E-state index contributed by atoms with van der Waals surface area (Å²) in [7, 11) is 1.38. The third kappa shape index (κ3) is 4.25. The van der Waals surface area contributed by atoms with Gasteiger partial charge in [0.2, 0.25) is 11.7 Å². The second kappa shape index (κ2) is 8.39. The van der Waals surface area contributed by atoms with Gasteiger partial charge in [0.1, 0.15) is 11.6 Å². The maximum Gasteiger partial charge on any atom is 0.316 e. The molecule has 0 atom stereocenters. The minimum absolute atomic E-state index is 0.00276. The smallest absolute Gasteiger partial charge is 0.316 e. The number of carbonyl (C=O) groups is 1. The Kier molecular flexibility index (Phi) is 5.65. The Bertz CT molecular complexity index is 1240. The van der Waals surface area contributed by atoms with E-state index >= 15 is 0 Å². The Morgan fingerprint density at radius 3 is 2.84 bits per heavy atom. The van der Waals surface area contributed by atoms with Crippen molar-refractivity contribution in [2.75, 3.05) is 19.0 Å². The molecule has 3 aromatic rings. The number of anilines is 2. The van der Waals surface area contributed by atoms with Gasteiger partial charge in [-0.25, -0.2) is 4.39 Å². The third-order valence-corrected chi connectivity index (χ3v) is 5.27. The van der Waals surface area contributed by atoms with Crippen molar-refractivity contribution in [2.45, 2.75) is 19.9 Å². The van der Waals surface area contributed by atoms with Crippen molar-refractivity contribution >= 4 is 29.0 Å². The Morgan fingerprint density at radius 1 is 1.29 bits per heavy atom. The number of ether oxygens (including phenoxy) is 2. The molecule has 0 aliphatic carbocycles. The van der Waals surface area contributed by atoms with Crippen LogP contribution in [0.5, 0.6) is 11.5 Å². The maximum atomic E-state index is 13.5. The molecule has 1 N–H and O–H groups in total. The van der Waals surface area contributed by atoms with Crippen LogP contribution in [0.25, 0.3) is 0 Å². The first-order valence-corrected chi connectivity index (χ1v) is 9.90. The summed E-state index contributed by atoms with van der Waals surface area (Å²) in [5, 5.41) is 3.13. The van der Waals surface area contributed by atoms with Crippen molar-refractivity contribution in [2.24, 2.45) is 0 Å². The molecule has 2 heterocycles. The van der Waals surface area contributed by atoms with Gasteiger partial charge in [-0.2, -0.15) is 4.98 Å². The molecule has 0 bridgehead atoms. The van der Waals surface area contributed by atoms with Gasteiger partial charge >= 0.3 is 5.56 Å². The molecule has 0 saturated heterocycles. The lowest BCUT2D eigenvalue weighted by atomic mass is 10.0. The number of hydrogen-bond donors (Lipinski definition) is 1. The van der Waals surface area contributed by atoms with Gasteiger partial charge in [-0.3, -0.25) is 9.59 Å². The van der Waals surface area contributed by atoms with Crippen LogP contribution in [0.4, 0.5) is 16.0 Å². The summed E-state index contributed by atoms with van der Waals surface area (Å²) in [5.41, 5.74) is 2.06. The molecule has 160 valence electrons. The number of fused-ring (bicyclic) bond motifs is 1. The van der Waals surface area contributed by atoms with Crippen LogP contribution < -0.4 is 20.3 Å². The minimum Gasteiger partial charge on any atom is -0.492 e. The van der Waals surface area contributed by atoms with Crippen molar-refractivity contribution in [1.82, 2.24) is 9.55 Å². The van der Waals surface area contributed by atoms with E-state index in [1.807, 2.05) is 6.92 Å². The number of aryl methyl sites for hydroxylation is 1. The molecule has 9 heteroatoms. The van der Waals surface area contributed by atoms with Crippen molar-refractivity contribution in [3.63, 3.8) is 0 Å². The van der Waals surface area contributed by atoms with E-state index in [0.29, 0.717) is 35.6 Å². The van der Waals surface area contributed by atoms with Crippen LogP contribution in [0, 0.1) is 12.7 Å². The predicted octanol–water partition coefficient (Wildman–Crippen LogP) is 4.11. The Labute approximate surface area is 182 Å². The molecule has 0 radical (unpaired) electrons. The second-order valence-electron chi connectivity index (χ2n) is 7.12. The molecule has 0 amide bonds. The molecule has 0 saturated carbocycles. The van der Waals surface area contributed by atoms with Gasteiger partial charge in [0.25, 0.3) is 0 Å². The quantitative estimate of drug-likeness (QED) is 0.639. The maximum absolute atomic E-state index is 13.5. The molecule has 1 aliphatic rings. The van der Waals surface area contributed by atoms with E-state index < -0.39 is 11.4 Å². The highest BCUT2D eigenvalue weighted by atomic mass is 35.5. The van der Waals surface area contributed by atoms with E-state index in [0.717, 1.165) is 5.56 Å². The van der Waals surface area contributed by atoms with Crippen LogP contribution in [0.15, 0.2) is 41.3 Å². The summed E-state index contributed by atoms with van der Waals surface area (Å²) >= 11 is 5.90. The van der Waals surface area contributed by atoms with Crippen LogP contribution in [0.3, 0.4) is 0 Å². The highest BCUT2D eigenvalue weighted by molar-refractivity contribution is 6.30. The van der Waals surface area contributed by atoms with Crippen molar-refractivity contribution in [3.8, 4) is 11.5 Å². The van der Waals surface area contributed by atoms with Crippen molar-refractivity contribution in [3.05, 3.63) is 74.4 Å². The molecule has 0 fully saturated rings. The van der Waals surface area contributed by atoms with Crippen molar-refractivity contribution in [1.29, 1.82) is 0 Å². The number of aromatic nitrogens is 2. The summed E-state index contributed by atoms with van der Waals surface area (Å²) < 4.78 is 25.9. The topological polar surface area (TPSA) is 82.4 Å². The summed E-state index contributed by atoms with van der Waals surface area (Å²) in [5.74, 6) is 0.310. The van der Waals surface area contributed by atoms with Gasteiger partial charge in [0.15, 0.2) is 5.78 Å². The number of carbonyl (C=O) groups excluding carboxylic acids is 1. The summed E-state index contributed by atoms with van der Waals surface area (Å²) in [6.07, 6.45) is 1.82. The zero-order chi connectivity index (χ0) is 22.1. The monoisotopic (exact) mass is 443 g/mol. The number of hydrogen-bond acceptors (Lipinski definition) is 6. The SMILES string of the molecule is COc1cn(Cc2ccc(F)c(Cl)c2)c(Nc2cc3c(cc2C)OCCC3=O)nc1=O. The van der Waals surface area contributed by atoms with Gasteiger partial charge in [0.05, 0.1) is 37.0 Å². The van der Waals surface area contributed by atoms with Gasteiger partial charge in [-0.05, 0) is 42.3 Å². The van der Waals surface area contributed by atoms with E-state index in [9.17, 15) is 14.0 Å². The fourth-order valence-corrected chi connectivity index (χ4v) is 3.53. The molecule has 1 aliphatic heterocycles. The van der Waals surface area contributed by atoms with Gasteiger partial charge in [-0.15, -0.1) is 0 Å². The Hall–Kier alpha value is -3.39. The van der Waals surface area contributed by atoms with Crippen LogP contribution in [0.1, 0.15) is 27.9 Å². The van der Waals surface area contributed by atoms with Crippen LogP contribution in [0.2, 0.25) is 5.02 Å². The zero-order valence-corrected chi connectivity index (χ0v) is 17.6. The number of nitrogens with one attached hydrogen (secondary N) is 1.